The van der Waals surface area contributed by atoms with Crippen LogP contribution in [0, 0.1) is 19.8 Å². The molecule has 4 nitrogen and oxygen atoms in total. The summed E-state index contributed by atoms with van der Waals surface area (Å²) in [5, 5.41) is 0.920. The van der Waals surface area contributed by atoms with E-state index in [1.807, 2.05) is 38.1 Å². The molecule has 0 aliphatic carbocycles. The Morgan fingerprint density at radius 2 is 1.81 bits per heavy atom. The predicted molar refractivity (Wildman–Crippen MR) is 102 cm³/mol. The Balaban J connectivity index is 1.62. The maximum Gasteiger partial charge on any atom is 0.237 e. The van der Waals surface area contributed by atoms with Crippen molar-refractivity contribution in [3.05, 3.63) is 71.4 Å². The van der Waals surface area contributed by atoms with Crippen LogP contribution in [0.25, 0.3) is 10.9 Å². The first kappa shape index (κ1) is 16.5. The van der Waals surface area contributed by atoms with Crippen molar-refractivity contribution in [1.82, 2.24) is 4.98 Å². The zero-order chi connectivity index (χ0) is 18.3. The van der Waals surface area contributed by atoms with Crippen LogP contribution in [0.4, 0.5) is 5.69 Å². The molecule has 2 amide bonds. The van der Waals surface area contributed by atoms with Gasteiger partial charge in [0.2, 0.25) is 11.8 Å². The second kappa shape index (κ2) is 6.37. The van der Waals surface area contributed by atoms with Gasteiger partial charge in [-0.3, -0.25) is 19.5 Å². The van der Waals surface area contributed by atoms with Gasteiger partial charge in [-0.25, -0.2) is 0 Å². The van der Waals surface area contributed by atoms with E-state index in [4.69, 9.17) is 0 Å². The van der Waals surface area contributed by atoms with E-state index in [0.29, 0.717) is 12.1 Å². The molecule has 0 N–H and O–H groups in total. The molecule has 1 saturated heterocycles. The predicted octanol–water partition coefficient (Wildman–Crippen LogP) is 3.97. The Morgan fingerprint density at radius 3 is 2.58 bits per heavy atom. The number of aromatic nitrogens is 1. The summed E-state index contributed by atoms with van der Waals surface area (Å²) in [5.41, 5.74) is 4.94. The highest BCUT2D eigenvalue weighted by molar-refractivity contribution is 6.21. The molecule has 1 aromatic heterocycles. The van der Waals surface area contributed by atoms with E-state index in [-0.39, 0.29) is 24.2 Å². The number of nitrogens with zero attached hydrogens (tertiary/aromatic N) is 2. The molecule has 0 bridgehead atoms. The summed E-state index contributed by atoms with van der Waals surface area (Å²) >= 11 is 0. The number of rotatable bonds is 3. The fourth-order valence-electron chi connectivity index (χ4n) is 3.80. The number of aryl methyl sites for hydroxylation is 2. The minimum absolute atomic E-state index is 0.114. The van der Waals surface area contributed by atoms with Gasteiger partial charge in [0.05, 0.1) is 17.1 Å². The number of imide groups is 1. The molecular formula is C22H20N2O2. The Morgan fingerprint density at radius 1 is 1.04 bits per heavy atom. The van der Waals surface area contributed by atoms with E-state index >= 15 is 0 Å². The molecule has 0 spiro atoms. The van der Waals surface area contributed by atoms with Crippen molar-refractivity contribution < 1.29 is 9.59 Å². The maximum absolute atomic E-state index is 12.9. The maximum atomic E-state index is 12.9. The third-order valence-electron chi connectivity index (χ3n) is 4.85. The van der Waals surface area contributed by atoms with Crippen molar-refractivity contribution in [3.8, 4) is 0 Å². The van der Waals surface area contributed by atoms with Crippen LogP contribution in [0.15, 0.2) is 54.7 Å². The number of anilines is 1. The van der Waals surface area contributed by atoms with Gasteiger partial charge in [0.25, 0.3) is 0 Å². The van der Waals surface area contributed by atoms with E-state index in [1.54, 1.807) is 12.3 Å². The highest BCUT2D eigenvalue weighted by Crippen LogP contribution is 2.30. The summed E-state index contributed by atoms with van der Waals surface area (Å²) in [6.07, 6.45) is 2.59. The number of benzene rings is 2. The fourth-order valence-corrected chi connectivity index (χ4v) is 3.80. The van der Waals surface area contributed by atoms with E-state index in [0.717, 1.165) is 16.5 Å². The smallest absolute Gasteiger partial charge is 0.237 e. The third kappa shape index (κ3) is 2.99. The SMILES string of the molecule is Cc1cc(C)cc(C[C@H]2CC(=O)N(c3ccc4ncccc4c3)C2=O)c1. The second-order valence-corrected chi connectivity index (χ2v) is 7.05. The molecule has 0 radical (unpaired) electrons. The normalized spacial score (nSPS) is 17.3. The summed E-state index contributed by atoms with van der Waals surface area (Å²) in [4.78, 5) is 31.1. The number of carbonyl (C=O) groups excluding carboxylic acids is 2. The van der Waals surface area contributed by atoms with E-state index in [1.165, 1.54) is 16.0 Å². The number of hydrogen-bond acceptors (Lipinski definition) is 3. The molecular weight excluding hydrogens is 324 g/mol. The van der Waals surface area contributed by atoms with Crippen LogP contribution in [0.2, 0.25) is 0 Å². The summed E-state index contributed by atoms with van der Waals surface area (Å²) in [5.74, 6) is -0.543. The van der Waals surface area contributed by atoms with Crippen molar-refractivity contribution >= 4 is 28.4 Å². The molecule has 1 fully saturated rings. The van der Waals surface area contributed by atoms with Gasteiger partial charge in [0.1, 0.15) is 0 Å². The molecule has 4 rings (SSSR count). The molecule has 1 aliphatic rings. The quantitative estimate of drug-likeness (QED) is 0.676. The van der Waals surface area contributed by atoms with Gasteiger partial charge >= 0.3 is 0 Å². The molecule has 4 heteroatoms. The lowest BCUT2D eigenvalue weighted by Gasteiger charge is -2.16. The number of pyridine rings is 1. The molecule has 1 atom stereocenters. The minimum Gasteiger partial charge on any atom is -0.274 e. The summed E-state index contributed by atoms with van der Waals surface area (Å²) in [6.45, 7) is 4.10. The summed E-state index contributed by atoms with van der Waals surface area (Å²) in [6, 6.07) is 15.6. The average Bonchev–Trinajstić information content (AvgIpc) is 2.87. The van der Waals surface area contributed by atoms with Crippen LogP contribution >= 0.6 is 0 Å². The van der Waals surface area contributed by atoms with Gasteiger partial charge in [0, 0.05) is 18.0 Å². The fraction of sp³-hybridized carbons (Fsp3) is 0.227. The van der Waals surface area contributed by atoms with Crippen LogP contribution in [-0.4, -0.2) is 16.8 Å². The molecule has 26 heavy (non-hydrogen) atoms. The number of fused-ring (bicyclic) bond motifs is 1. The van der Waals surface area contributed by atoms with Gasteiger partial charge in [0.15, 0.2) is 0 Å². The summed E-state index contributed by atoms with van der Waals surface area (Å²) < 4.78 is 0. The van der Waals surface area contributed by atoms with Crippen molar-refractivity contribution in [2.75, 3.05) is 4.90 Å². The first-order chi connectivity index (χ1) is 12.5. The lowest BCUT2D eigenvalue weighted by Crippen LogP contribution is -2.30. The second-order valence-electron chi connectivity index (χ2n) is 7.05. The van der Waals surface area contributed by atoms with Crippen molar-refractivity contribution in [2.24, 2.45) is 5.92 Å². The molecule has 1 aliphatic heterocycles. The molecule has 2 heterocycles. The van der Waals surface area contributed by atoms with Gasteiger partial charge in [-0.05, 0) is 50.1 Å². The van der Waals surface area contributed by atoms with Crippen LogP contribution in [0.1, 0.15) is 23.1 Å². The number of hydrogen-bond donors (Lipinski definition) is 0. The van der Waals surface area contributed by atoms with E-state index < -0.39 is 0 Å². The Kier molecular flexibility index (Phi) is 4.03. The monoisotopic (exact) mass is 344 g/mol. The van der Waals surface area contributed by atoms with Crippen molar-refractivity contribution in [1.29, 1.82) is 0 Å². The topological polar surface area (TPSA) is 50.3 Å². The van der Waals surface area contributed by atoms with Crippen LogP contribution < -0.4 is 4.90 Å². The van der Waals surface area contributed by atoms with Crippen LogP contribution in [0.5, 0.6) is 0 Å². The van der Waals surface area contributed by atoms with Gasteiger partial charge < -0.3 is 0 Å². The highest BCUT2D eigenvalue weighted by Gasteiger charge is 2.39. The average molecular weight is 344 g/mol. The molecule has 2 aromatic carbocycles. The highest BCUT2D eigenvalue weighted by atomic mass is 16.2. The minimum atomic E-state index is -0.298. The standard InChI is InChI=1S/C22H20N2O2/c1-14-8-15(2)10-16(9-14)11-18-13-21(25)24(22(18)26)19-5-6-20-17(12-19)4-3-7-23-20/h3-10,12,18H,11,13H2,1-2H3/t18-/m0/s1. The lowest BCUT2D eigenvalue weighted by atomic mass is 9.95. The first-order valence-corrected chi connectivity index (χ1v) is 8.80. The van der Waals surface area contributed by atoms with Crippen LogP contribution in [-0.2, 0) is 16.0 Å². The first-order valence-electron chi connectivity index (χ1n) is 8.80. The molecule has 130 valence electrons. The van der Waals surface area contributed by atoms with Crippen molar-refractivity contribution in [3.63, 3.8) is 0 Å². The van der Waals surface area contributed by atoms with Gasteiger partial charge in [-0.1, -0.05) is 35.4 Å². The van der Waals surface area contributed by atoms with E-state index in [2.05, 4.69) is 23.2 Å². The zero-order valence-corrected chi connectivity index (χ0v) is 14.9. The zero-order valence-electron chi connectivity index (χ0n) is 14.9. The summed E-state index contributed by atoms with van der Waals surface area (Å²) in [7, 11) is 0. The molecule has 0 saturated carbocycles. The Bertz CT molecular complexity index is 1010. The van der Waals surface area contributed by atoms with Gasteiger partial charge in [-0.2, -0.15) is 0 Å². The van der Waals surface area contributed by atoms with E-state index in [9.17, 15) is 9.59 Å². The molecule has 3 aromatic rings. The number of amides is 2. The van der Waals surface area contributed by atoms with Crippen molar-refractivity contribution in [2.45, 2.75) is 26.7 Å². The van der Waals surface area contributed by atoms with Gasteiger partial charge in [-0.15, -0.1) is 0 Å². The van der Waals surface area contributed by atoms with Crippen LogP contribution in [0.3, 0.4) is 0 Å². The number of carbonyl (C=O) groups is 2. The molecule has 0 unspecified atom stereocenters. The lowest BCUT2D eigenvalue weighted by molar-refractivity contribution is -0.122. The largest absolute Gasteiger partial charge is 0.274 e. The Hall–Kier alpha value is -3.01. The third-order valence-corrected chi connectivity index (χ3v) is 4.85. The Labute approximate surface area is 152 Å².